The molecule has 0 spiro atoms. The van der Waals surface area contributed by atoms with Crippen molar-refractivity contribution in [3.05, 3.63) is 52.7 Å². The fourth-order valence-electron chi connectivity index (χ4n) is 2.63. The average molecular weight is 354 g/mol. The number of carbonyl (C=O) groups excluding carboxylic acids is 1. The minimum atomic E-state index is -0.182. The van der Waals surface area contributed by atoms with E-state index >= 15 is 0 Å². The first-order valence-corrected chi connectivity index (χ1v) is 9.27. The van der Waals surface area contributed by atoms with E-state index in [1.165, 1.54) is 16.9 Å². The third kappa shape index (κ3) is 3.79. The molecule has 2 aromatic heterocycles. The molecule has 1 aromatic carbocycles. The molecule has 0 radical (unpaired) electrons. The van der Waals surface area contributed by atoms with E-state index in [-0.39, 0.29) is 5.91 Å². The molecule has 5 nitrogen and oxygen atoms in total. The Hall–Kier alpha value is -2.47. The molecule has 0 aliphatic carbocycles. The van der Waals surface area contributed by atoms with Crippen LogP contribution in [0.3, 0.4) is 0 Å². The Morgan fingerprint density at radius 1 is 1.28 bits per heavy atom. The van der Waals surface area contributed by atoms with Crippen molar-refractivity contribution in [3.8, 4) is 11.3 Å². The summed E-state index contributed by atoms with van der Waals surface area (Å²) in [5, 5.41) is 9.73. The van der Waals surface area contributed by atoms with E-state index in [1.807, 2.05) is 19.2 Å². The van der Waals surface area contributed by atoms with E-state index < -0.39 is 0 Å². The summed E-state index contributed by atoms with van der Waals surface area (Å²) < 4.78 is 1.70. The highest BCUT2D eigenvalue weighted by molar-refractivity contribution is 7.14. The summed E-state index contributed by atoms with van der Waals surface area (Å²) in [5.41, 5.74) is 4.61. The van der Waals surface area contributed by atoms with E-state index in [2.05, 4.69) is 53.5 Å². The van der Waals surface area contributed by atoms with Gasteiger partial charge in [-0.3, -0.25) is 14.8 Å². The standard InChI is InChI=1S/C19H22N4OS/c1-5-23-17(10-13(4)22-23)18(24)21-19-20-16(11-25-19)15-8-6-14(7-9-15)12(2)3/h6-12H,5H2,1-4H3,(H,20,21,24). The Balaban J connectivity index is 1.76. The number of rotatable bonds is 5. The second-order valence-electron chi connectivity index (χ2n) is 6.26. The monoisotopic (exact) mass is 354 g/mol. The summed E-state index contributed by atoms with van der Waals surface area (Å²) in [6.07, 6.45) is 0. The van der Waals surface area contributed by atoms with Crippen molar-refractivity contribution in [3.63, 3.8) is 0 Å². The van der Waals surface area contributed by atoms with Crippen LogP contribution >= 0.6 is 11.3 Å². The van der Waals surface area contributed by atoms with Gasteiger partial charge in [-0.1, -0.05) is 38.1 Å². The molecule has 0 aliphatic heterocycles. The lowest BCUT2D eigenvalue weighted by molar-refractivity contribution is 0.101. The molecule has 0 bridgehead atoms. The number of carbonyl (C=O) groups is 1. The summed E-state index contributed by atoms with van der Waals surface area (Å²) in [6.45, 7) is 8.85. The molecule has 25 heavy (non-hydrogen) atoms. The SMILES string of the molecule is CCn1nc(C)cc1C(=O)Nc1nc(-c2ccc(C(C)C)cc2)cs1. The fraction of sp³-hybridized carbons (Fsp3) is 0.316. The van der Waals surface area contributed by atoms with Crippen molar-refractivity contribution in [2.24, 2.45) is 0 Å². The van der Waals surface area contributed by atoms with E-state index in [0.717, 1.165) is 17.0 Å². The fourth-order valence-corrected chi connectivity index (χ4v) is 3.35. The number of amides is 1. The van der Waals surface area contributed by atoms with Gasteiger partial charge in [0.15, 0.2) is 5.13 Å². The molecule has 0 saturated carbocycles. The Morgan fingerprint density at radius 2 is 2.00 bits per heavy atom. The van der Waals surface area contributed by atoms with E-state index in [9.17, 15) is 4.79 Å². The summed E-state index contributed by atoms with van der Waals surface area (Å²) in [5.74, 6) is 0.324. The molecule has 6 heteroatoms. The van der Waals surface area contributed by atoms with Crippen LogP contribution in [-0.2, 0) is 6.54 Å². The highest BCUT2D eigenvalue weighted by Gasteiger charge is 2.15. The van der Waals surface area contributed by atoms with E-state index in [1.54, 1.807) is 10.7 Å². The molecule has 3 rings (SSSR count). The van der Waals surface area contributed by atoms with Gasteiger partial charge in [-0.25, -0.2) is 4.98 Å². The molecule has 2 heterocycles. The zero-order chi connectivity index (χ0) is 18.0. The van der Waals surface area contributed by atoms with Crippen LogP contribution in [0.15, 0.2) is 35.7 Å². The predicted octanol–water partition coefficient (Wildman–Crippen LogP) is 4.71. The number of anilines is 1. The number of nitrogens with one attached hydrogen (secondary N) is 1. The molecule has 1 N–H and O–H groups in total. The molecule has 0 unspecified atom stereocenters. The number of thiazole rings is 1. The van der Waals surface area contributed by atoms with Gasteiger partial charge < -0.3 is 0 Å². The predicted molar refractivity (Wildman–Crippen MR) is 102 cm³/mol. The number of aromatic nitrogens is 3. The van der Waals surface area contributed by atoms with E-state index in [0.29, 0.717) is 23.3 Å². The van der Waals surface area contributed by atoms with Gasteiger partial charge in [-0.2, -0.15) is 5.10 Å². The lowest BCUT2D eigenvalue weighted by Crippen LogP contribution is -2.17. The molecule has 3 aromatic rings. The molecule has 0 aliphatic rings. The molecule has 0 atom stereocenters. The summed E-state index contributed by atoms with van der Waals surface area (Å²) >= 11 is 1.43. The molecular weight excluding hydrogens is 332 g/mol. The van der Waals surface area contributed by atoms with Gasteiger partial charge in [0, 0.05) is 17.5 Å². The van der Waals surface area contributed by atoms with Gasteiger partial charge in [0.05, 0.1) is 11.4 Å². The van der Waals surface area contributed by atoms with Crippen molar-refractivity contribution in [2.75, 3.05) is 5.32 Å². The van der Waals surface area contributed by atoms with Crippen molar-refractivity contribution < 1.29 is 4.79 Å². The number of nitrogens with zero attached hydrogens (tertiary/aromatic N) is 3. The molecule has 0 fully saturated rings. The minimum Gasteiger partial charge on any atom is -0.296 e. The van der Waals surface area contributed by atoms with Crippen molar-refractivity contribution in [1.29, 1.82) is 0 Å². The first-order chi connectivity index (χ1) is 12.0. The highest BCUT2D eigenvalue weighted by atomic mass is 32.1. The van der Waals surface area contributed by atoms with Gasteiger partial charge in [0.25, 0.3) is 5.91 Å². The Bertz CT molecular complexity index is 877. The van der Waals surface area contributed by atoms with Crippen LogP contribution in [0.5, 0.6) is 0 Å². The maximum Gasteiger partial charge on any atom is 0.275 e. The lowest BCUT2D eigenvalue weighted by Gasteiger charge is -2.05. The Labute approximate surface area is 151 Å². The topological polar surface area (TPSA) is 59.8 Å². The van der Waals surface area contributed by atoms with Gasteiger partial charge in [-0.05, 0) is 31.4 Å². The van der Waals surface area contributed by atoms with Gasteiger partial charge in [-0.15, -0.1) is 11.3 Å². The van der Waals surface area contributed by atoms with Crippen molar-refractivity contribution in [2.45, 2.75) is 40.2 Å². The zero-order valence-corrected chi connectivity index (χ0v) is 15.7. The first kappa shape index (κ1) is 17.4. The number of benzene rings is 1. The second kappa shape index (κ2) is 7.19. The smallest absolute Gasteiger partial charge is 0.275 e. The maximum absolute atomic E-state index is 12.5. The maximum atomic E-state index is 12.5. The van der Waals surface area contributed by atoms with Gasteiger partial charge in [0.2, 0.25) is 0 Å². The zero-order valence-electron chi connectivity index (χ0n) is 14.9. The first-order valence-electron chi connectivity index (χ1n) is 8.39. The highest BCUT2D eigenvalue weighted by Crippen LogP contribution is 2.26. The van der Waals surface area contributed by atoms with Crippen LogP contribution in [0.1, 0.15) is 48.4 Å². The number of hydrogen-bond donors (Lipinski definition) is 1. The second-order valence-corrected chi connectivity index (χ2v) is 7.11. The van der Waals surface area contributed by atoms with Crippen molar-refractivity contribution in [1.82, 2.24) is 14.8 Å². The van der Waals surface area contributed by atoms with Gasteiger partial charge in [0.1, 0.15) is 5.69 Å². The van der Waals surface area contributed by atoms with Crippen LogP contribution in [0.4, 0.5) is 5.13 Å². The van der Waals surface area contributed by atoms with Crippen LogP contribution in [0, 0.1) is 6.92 Å². The largest absolute Gasteiger partial charge is 0.296 e. The Kier molecular flexibility index (Phi) is 4.99. The van der Waals surface area contributed by atoms with Crippen LogP contribution in [0.2, 0.25) is 0 Å². The third-order valence-corrected chi connectivity index (χ3v) is 4.79. The number of hydrogen-bond acceptors (Lipinski definition) is 4. The molecule has 0 saturated heterocycles. The molecular formula is C19H22N4OS. The lowest BCUT2D eigenvalue weighted by atomic mass is 10.0. The molecule has 1 amide bonds. The Morgan fingerprint density at radius 3 is 2.64 bits per heavy atom. The average Bonchev–Trinajstić information content (AvgIpc) is 3.21. The van der Waals surface area contributed by atoms with Crippen LogP contribution < -0.4 is 5.32 Å². The van der Waals surface area contributed by atoms with Gasteiger partial charge >= 0.3 is 0 Å². The van der Waals surface area contributed by atoms with Crippen LogP contribution in [0.25, 0.3) is 11.3 Å². The van der Waals surface area contributed by atoms with E-state index in [4.69, 9.17) is 0 Å². The van der Waals surface area contributed by atoms with Crippen LogP contribution in [-0.4, -0.2) is 20.7 Å². The summed E-state index contributed by atoms with van der Waals surface area (Å²) in [4.78, 5) is 17.0. The minimum absolute atomic E-state index is 0.182. The summed E-state index contributed by atoms with van der Waals surface area (Å²) in [7, 11) is 0. The summed E-state index contributed by atoms with van der Waals surface area (Å²) in [6, 6.07) is 10.2. The number of aryl methyl sites for hydroxylation is 2. The molecule has 130 valence electrons. The quantitative estimate of drug-likeness (QED) is 0.722. The normalized spacial score (nSPS) is 11.1. The third-order valence-electron chi connectivity index (χ3n) is 4.03. The van der Waals surface area contributed by atoms with Crippen molar-refractivity contribution >= 4 is 22.4 Å².